The third-order valence-electron chi connectivity index (χ3n) is 2.52. The number of hydrogen-bond acceptors (Lipinski definition) is 4. The van der Waals surface area contributed by atoms with Crippen LogP contribution < -0.4 is 4.74 Å². The summed E-state index contributed by atoms with van der Waals surface area (Å²) >= 11 is 5.86. The number of rotatable bonds is 5. The van der Waals surface area contributed by atoms with Crippen LogP contribution in [0.2, 0.25) is 5.02 Å². The van der Waals surface area contributed by atoms with Crippen molar-refractivity contribution >= 4 is 23.4 Å². The fourth-order valence-corrected chi connectivity index (χ4v) is 1.76. The second-order valence-electron chi connectivity index (χ2n) is 4.13. The first kappa shape index (κ1) is 13.8. The van der Waals surface area contributed by atoms with E-state index in [1.165, 1.54) is 0 Å². The Labute approximate surface area is 114 Å². The molecule has 2 rings (SSSR count). The van der Waals surface area contributed by atoms with Crippen molar-refractivity contribution in [2.75, 3.05) is 6.61 Å². The van der Waals surface area contributed by atoms with Crippen molar-refractivity contribution in [3.63, 3.8) is 0 Å². The van der Waals surface area contributed by atoms with Gasteiger partial charge in [-0.3, -0.25) is 4.79 Å². The van der Waals surface area contributed by atoms with E-state index in [0.717, 1.165) is 25.0 Å². The Morgan fingerprint density at radius 1 is 1.42 bits per heavy atom. The Morgan fingerprint density at radius 3 is 2.68 bits per heavy atom. The topological polar surface area (TPSA) is 52.6 Å². The van der Waals surface area contributed by atoms with E-state index in [0.29, 0.717) is 0 Å². The molecule has 6 heteroatoms. The van der Waals surface area contributed by atoms with Crippen molar-refractivity contribution in [2.45, 2.75) is 25.9 Å². The molecule has 102 valence electrons. The van der Waals surface area contributed by atoms with Crippen molar-refractivity contribution in [3.8, 4) is 5.75 Å². The van der Waals surface area contributed by atoms with Crippen molar-refractivity contribution in [3.05, 3.63) is 28.5 Å². The van der Waals surface area contributed by atoms with E-state index in [1.807, 2.05) is 0 Å². The molecule has 4 nitrogen and oxygen atoms in total. The molecular formula is C13H12ClFO4. The lowest BCUT2D eigenvalue weighted by atomic mass is 10.1. The largest absolute Gasteiger partial charge is 0.488 e. The van der Waals surface area contributed by atoms with E-state index >= 15 is 0 Å². The summed E-state index contributed by atoms with van der Waals surface area (Å²) in [5, 5.41) is -0.0282. The zero-order valence-corrected chi connectivity index (χ0v) is 11.0. The Bertz CT molecular complexity index is 526. The molecule has 1 aromatic rings. The quantitative estimate of drug-likeness (QED) is 0.474. The molecule has 19 heavy (non-hydrogen) atoms. The lowest BCUT2D eigenvalue weighted by Crippen LogP contribution is -2.19. The average Bonchev–Trinajstić information content (AvgIpc) is 3.15. The lowest BCUT2D eigenvalue weighted by molar-refractivity contribution is -0.137. The Kier molecular flexibility index (Phi) is 4.04. The molecule has 0 heterocycles. The van der Waals surface area contributed by atoms with Crippen LogP contribution in [0.3, 0.4) is 0 Å². The van der Waals surface area contributed by atoms with E-state index in [2.05, 4.69) is 4.74 Å². The van der Waals surface area contributed by atoms with Crippen LogP contribution in [0.1, 0.15) is 30.1 Å². The van der Waals surface area contributed by atoms with E-state index in [9.17, 15) is 14.0 Å². The van der Waals surface area contributed by atoms with Gasteiger partial charge in [0.25, 0.3) is 5.78 Å². The van der Waals surface area contributed by atoms with Crippen molar-refractivity contribution in [1.82, 2.24) is 0 Å². The van der Waals surface area contributed by atoms with Crippen molar-refractivity contribution < 1.29 is 23.5 Å². The lowest BCUT2D eigenvalue weighted by Gasteiger charge is -2.11. The average molecular weight is 287 g/mol. The van der Waals surface area contributed by atoms with Crippen LogP contribution >= 0.6 is 11.6 Å². The van der Waals surface area contributed by atoms with Gasteiger partial charge in [0, 0.05) is 0 Å². The predicted molar refractivity (Wildman–Crippen MR) is 66.0 cm³/mol. The van der Waals surface area contributed by atoms with Gasteiger partial charge in [0.1, 0.15) is 11.6 Å². The number of benzene rings is 1. The Morgan fingerprint density at radius 2 is 2.11 bits per heavy atom. The second-order valence-corrected chi connectivity index (χ2v) is 4.54. The van der Waals surface area contributed by atoms with Gasteiger partial charge in [-0.15, -0.1) is 0 Å². The fourth-order valence-electron chi connectivity index (χ4n) is 1.51. The number of carbonyl (C=O) groups is 2. The molecule has 0 unspecified atom stereocenters. The number of Topliss-reactive ketones (excluding diaryl/α,β-unsaturated/α-hetero) is 1. The van der Waals surface area contributed by atoms with E-state index in [-0.39, 0.29) is 29.0 Å². The number of ketones is 1. The van der Waals surface area contributed by atoms with E-state index < -0.39 is 17.6 Å². The monoisotopic (exact) mass is 286 g/mol. The predicted octanol–water partition coefficient (Wildman–Crippen LogP) is 2.77. The highest BCUT2D eigenvalue weighted by atomic mass is 35.5. The smallest absolute Gasteiger partial charge is 0.379 e. The summed E-state index contributed by atoms with van der Waals surface area (Å²) in [7, 11) is 0. The molecule has 0 radical (unpaired) electrons. The zero-order chi connectivity index (χ0) is 14.0. The van der Waals surface area contributed by atoms with Gasteiger partial charge >= 0.3 is 5.97 Å². The molecular weight excluding hydrogens is 275 g/mol. The number of halogens is 2. The second kappa shape index (κ2) is 5.57. The molecule has 0 amide bonds. The first-order valence-corrected chi connectivity index (χ1v) is 6.28. The first-order valence-electron chi connectivity index (χ1n) is 5.90. The zero-order valence-electron chi connectivity index (χ0n) is 10.2. The van der Waals surface area contributed by atoms with Gasteiger partial charge in [-0.25, -0.2) is 9.18 Å². The summed E-state index contributed by atoms with van der Waals surface area (Å²) in [4.78, 5) is 23.3. The highest BCUT2D eigenvalue weighted by molar-refractivity contribution is 6.42. The summed E-state index contributed by atoms with van der Waals surface area (Å²) < 4.78 is 23.4. The molecule has 1 aliphatic rings. The highest BCUT2D eigenvalue weighted by Gasteiger charge is 2.30. The van der Waals surface area contributed by atoms with Crippen LogP contribution in [-0.4, -0.2) is 24.5 Å². The van der Waals surface area contributed by atoms with Gasteiger partial charge in [0.2, 0.25) is 0 Å². The van der Waals surface area contributed by atoms with E-state index in [4.69, 9.17) is 16.3 Å². The van der Waals surface area contributed by atoms with Crippen LogP contribution in [0.25, 0.3) is 0 Å². The van der Waals surface area contributed by atoms with Crippen molar-refractivity contribution in [2.24, 2.45) is 0 Å². The number of ether oxygens (including phenoxy) is 2. The first-order chi connectivity index (χ1) is 9.02. The van der Waals surface area contributed by atoms with Gasteiger partial charge in [-0.1, -0.05) is 11.6 Å². The maximum atomic E-state index is 13.3. The van der Waals surface area contributed by atoms with Crippen LogP contribution in [0.15, 0.2) is 12.1 Å². The highest BCUT2D eigenvalue weighted by Crippen LogP contribution is 2.35. The van der Waals surface area contributed by atoms with Gasteiger partial charge in [0.15, 0.2) is 0 Å². The summed E-state index contributed by atoms with van der Waals surface area (Å²) in [5.41, 5.74) is -0.199. The maximum absolute atomic E-state index is 13.3. The number of carbonyl (C=O) groups excluding carboxylic acids is 2. The van der Waals surface area contributed by atoms with Crippen LogP contribution in [0.5, 0.6) is 5.75 Å². The number of esters is 1. The molecule has 1 aliphatic carbocycles. The molecule has 0 atom stereocenters. The third-order valence-corrected chi connectivity index (χ3v) is 2.80. The molecule has 1 aromatic carbocycles. The van der Waals surface area contributed by atoms with E-state index in [1.54, 1.807) is 6.92 Å². The fraction of sp³-hybridized carbons (Fsp3) is 0.385. The molecule has 0 aromatic heterocycles. The van der Waals surface area contributed by atoms with Crippen molar-refractivity contribution in [1.29, 1.82) is 0 Å². The van der Waals surface area contributed by atoms with Gasteiger partial charge in [-0.2, -0.15) is 0 Å². The third kappa shape index (κ3) is 3.23. The molecule has 0 aliphatic heterocycles. The molecule has 0 saturated heterocycles. The Hall–Kier alpha value is -1.62. The molecule has 0 N–H and O–H groups in total. The summed E-state index contributed by atoms with van der Waals surface area (Å²) in [5.74, 6) is -2.67. The number of hydrogen-bond donors (Lipinski definition) is 0. The summed E-state index contributed by atoms with van der Waals surface area (Å²) in [6.07, 6.45) is 1.67. The Balaban J connectivity index is 2.35. The standard InChI is InChI=1S/C13H12ClFO4/c1-2-18-13(17)11(16)9-5-7(15)6-10(14)12(9)19-8-3-4-8/h5-6,8H,2-4H2,1H3. The minimum Gasteiger partial charge on any atom is -0.488 e. The van der Waals surface area contributed by atoms with Gasteiger partial charge < -0.3 is 9.47 Å². The van der Waals surface area contributed by atoms with Gasteiger partial charge in [0.05, 0.1) is 23.3 Å². The van der Waals surface area contributed by atoms with Crippen LogP contribution in [-0.2, 0) is 9.53 Å². The van der Waals surface area contributed by atoms with Gasteiger partial charge in [-0.05, 0) is 31.9 Å². The minimum atomic E-state index is -1.05. The summed E-state index contributed by atoms with van der Waals surface area (Å²) in [6, 6.07) is 1.98. The van der Waals surface area contributed by atoms with Crippen LogP contribution in [0, 0.1) is 5.82 Å². The SMILES string of the molecule is CCOC(=O)C(=O)c1cc(F)cc(Cl)c1OC1CC1. The molecule has 0 spiro atoms. The van der Waals surface area contributed by atoms with Crippen LogP contribution in [0.4, 0.5) is 4.39 Å². The normalized spacial score (nSPS) is 14.1. The minimum absolute atomic E-state index is 0.0282. The summed E-state index contributed by atoms with van der Waals surface area (Å²) in [6.45, 7) is 1.64. The molecule has 0 bridgehead atoms. The maximum Gasteiger partial charge on any atom is 0.379 e. The molecule has 1 fully saturated rings. The molecule has 1 saturated carbocycles.